The number of nitrogens with one attached hydrogen (secondary N) is 2. The van der Waals surface area contributed by atoms with Crippen LogP contribution in [0.15, 0.2) is 0 Å². The van der Waals surface area contributed by atoms with Gasteiger partial charge in [0, 0.05) is 0 Å². The summed E-state index contributed by atoms with van der Waals surface area (Å²) in [7, 11) is 1.21. The van der Waals surface area contributed by atoms with E-state index in [4.69, 9.17) is 5.11 Å². The average molecular weight is 157 g/mol. The number of hydrogen-bond acceptors (Lipinski definition) is 3. The van der Waals surface area contributed by atoms with Gasteiger partial charge in [0.25, 0.3) is 0 Å². The monoisotopic (exact) mass is 157 g/mol. The highest BCUT2D eigenvalue weighted by molar-refractivity contribution is 6.44. The molecule has 0 aromatic carbocycles. The van der Waals surface area contributed by atoms with E-state index in [1.165, 1.54) is 7.55 Å². The third-order valence-corrected chi connectivity index (χ3v) is 0.814. The zero-order chi connectivity index (χ0) is 8.85. The summed E-state index contributed by atoms with van der Waals surface area (Å²) < 4.78 is 0. The second-order valence-corrected chi connectivity index (χ2v) is 2.24. The van der Waals surface area contributed by atoms with Crippen molar-refractivity contribution in [3.63, 3.8) is 0 Å². The Bertz CT molecular complexity index is 160. The van der Waals surface area contributed by atoms with E-state index in [9.17, 15) is 9.59 Å². The van der Waals surface area contributed by atoms with Crippen LogP contribution in [0.1, 0.15) is 13.8 Å². The van der Waals surface area contributed by atoms with Gasteiger partial charge in [0.1, 0.15) is 0 Å². The average Bonchev–Trinajstić information content (AvgIpc) is 1.86. The van der Waals surface area contributed by atoms with Crippen molar-refractivity contribution in [1.29, 1.82) is 0 Å². The summed E-state index contributed by atoms with van der Waals surface area (Å²) in [6.45, 7) is 3.73. The maximum atomic E-state index is 10.3. The van der Waals surface area contributed by atoms with E-state index in [0.717, 1.165) is 0 Å². The van der Waals surface area contributed by atoms with Crippen LogP contribution in [0, 0.1) is 0 Å². The van der Waals surface area contributed by atoms with Gasteiger partial charge < -0.3 is 15.6 Å². The molecule has 0 bridgehead atoms. The first-order valence-corrected chi connectivity index (χ1v) is 3.15. The number of carbonyl (C=O) groups is 2. The van der Waals surface area contributed by atoms with Crippen LogP contribution in [0.2, 0.25) is 0 Å². The zero-order valence-electron chi connectivity index (χ0n) is 6.42. The summed E-state index contributed by atoms with van der Waals surface area (Å²) in [5.74, 6) is -2.54. The number of carboxylic acids is 1. The van der Waals surface area contributed by atoms with Gasteiger partial charge in [0.15, 0.2) is 0 Å². The minimum absolute atomic E-state index is 0.170. The summed E-state index contributed by atoms with van der Waals surface area (Å²) in [4.78, 5) is 20.3. The summed E-state index contributed by atoms with van der Waals surface area (Å²) in [5.41, 5.74) is 0. The molecule has 0 rings (SSSR count). The number of hydrogen-bond donors (Lipinski definition) is 3. The van der Waals surface area contributed by atoms with Gasteiger partial charge in [-0.15, -0.1) is 0 Å². The van der Waals surface area contributed by atoms with Crippen LogP contribution >= 0.6 is 0 Å². The maximum absolute atomic E-state index is 10.3. The fourth-order valence-corrected chi connectivity index (χ4v) is 0.336. The molecule has 0 fully saturated rings. The fourth-order valence-electron chi connectivity index (χ4n) is 0.336. The molecule has 0 atom stereocenters. The van der Waals surface area contributed by atoms with Crippen molar-refractivity contribution in [1.82, 2.24) is 10.5 Å². The normalized spacial score (nSPS) is 9.36. The van der Waals surface area contributed by atoms with E-state index in [2.05, 4.69) is 5.23 Å². The fraction of sp³-hybridized carbons (Fsp3) is 0.600. The van der Waals surface area contributed by atoms with Crippen LogP contribution in [-0.4, -0.2) is 30.6 Å². The molecule has 0 aromatic heterocycles. The summed E-state index contributed by atoms with van der Waals surface area (Å²) in [6, 6.07) is 0.170. The predicted molar refractivity (Wildman–Crippen MR) is 39.8 cm³/mol. The molecule has 1 radical (unpaired) electrons. The molecule has 0 heterocycles. The van der Waals surface area contributed by atoms with Crippen molar-refractivity contribution in [3.8, 4) is 0 Å². The molecular weight excluding hydrogens is 147 g/mol. The lowest BCUT2D eigenvalue weighted by molar-refractivity contribution is -0.149. The molecule has 0 aliphatic carbocycles. The summed E-state index contributed by atoms with van der Waals surface area (Å²) >= 11 is 0. The smallest absolute Gasteiger partial charge is 0.393 e. The number of carbonyl (C=O) groups excluding carboxylic acids is 1. The van der Waals surface area contributed by atoms with E-state index in [0.29, 0.717) is 0 Å². The Labute approximate surface area is 65.4 Å². The van der Waals surface area contributed by atoms with E-state index in [1.54, 1.807) is 0 Å². The molecule has 0 unspecified atom stereocenters. The molecule has 1 amide bonds. The Morgan fingerprint density at radius 2 is 2.00 bits per heavy atom. The highest BCUT2D eigenvalue weighted by Crippen LogP contribution is 1.70. The number of aliphatic carboxylic acids is 1. The molecule has 11 heavy (non-hydrogen) atoms. The van der Waals surface area contributed by atoms with Crippen molar-refractivity contribution < 1.29 is 14.7 Å². The number of amides is 1. The lowest BCUT2D eigenvalue weighted by Gasteiger charge is -2.04. The van der Waals surface area contributed by atoms with Crippen molar-refractivity contribution >= 4 is 19.4 Å². The highest BCUT2D eigenvalue weighted by Gasteiger charge is 2.09. The first-order valence-electron chi connectivity index (χ1n) is 3.15. The van der Waals surface area contributed by atoms with Crippen molar-refractivity contribution in [3.05, 3.63) is 0 Å². The Kier molecular flexibility index (Phi) is 4.29. The molecule has 61 valence electrons. The summed E-state index contributed by atoms with van der Waals surface area (Å²) in [6.07, 6.45) is 0. The third kappa shape index (κ3) is 5.41. The molecule has 0 aromatic rings. The quantitative estimate of drug-likeness (QED) is 0.352. The highest BCUT2D eigenvalue weighted by atomic mass is 16.4. The third-order valence-electron chi connectivity index (χ3n) is 0.814. The van der Waals surface area contributed by atoms with E-state index in [1.807, 2.05) is 19.1 Å². The Hall–Kier alpha value is -1.04. The van der Waals surface area contributed by atoms with Gasteiger partial charge in [-0.25, -0.2) is 4.79 Å². The first kappa shape index (κ1) is 9.96. The zero-order valence-corrected chi connectivity index (χ0v) is 6.42. The molecular formula is C5H10BN2O3. The second kappa shape index (κ2) is 4.73. The van der Waals surface area contributed by atoms with Crippen LogP contribution in [0.25, 0.3) is 0 Å². The van der Waals surface area contributed by atoms with Crippen LogP contribution in [0.5, 0.6) is 0 Å². The largest absolute Gasteiger partial charge is 0.474 e. The van der Waals surface area contributed by atoms with Gasteiger partial charge in [-0.3, -0.25) is 4.79 Å². The van der Waals surface area contributed by atoms with Crippen LogP contribution < -0.4 is 10.5 Å². The Morgan fingerprint density at radius 3 is 2.36 bits per heavy atom. The predicted octanol–water partition coefficient (Wildman–Crippen LogP) is -1.28. The molecule has 0 saturated carbocycles. The van der Waals surface area contributed by atoms with Crippen molar-refractivity contribution in [2.24, 2.45) is 0 Å². The lowest BCUT2D eigenvalue weighted by atomic mass is 10.1. The van der Waals surface area contributed by atoms with Gasteiger partial charge in [-0.2, -0.15) is 0 Å². The minimum Gasteiger partial charge on any atom is -0.474 e. The van der Waals surface area contributed by atoms with Gasteiger partial charge in [0.2, 0.25) is 0 Å². The number of carboxylic acid groups (broad SMARTS) is 1. The molecule has 5 nitrogen and oxygen atoms in total. The second-order valence-electron chi connectivity index (χ2n) is 2.24. The van der Waals surface area contributed by atoms with Gasteiger partial charge >= 0.3 is 19.4 Å². The Morgan fingerprint density at radius 1 is 1.45 bits per heavy atom. The van der Waals surface area contributed by atoms with E-state index >= 15 is 0 Å². The van der Waals surface area contributed by atoms with Crippen LogP contribution in [0.4, 0.5) is 0 Å². The molecule has 6 heteroatoms. The van der Waals surface area contributed by atoms with Crippen molar-refractivity contribution in [2.45, 2.75) is 19.9 Å². The van der Waals surface area contributed by atoms with E-state index in [-0.39, 0.29) is 6.04 Å². The van der Waals surface area contributed by atoms with Crippen LogP contribution in [-0.2, 0) is 9.59 Å². The molecule has 0 aliphatic heterocycles. The van der Waals surface area contributed by atoms with E-state index < -0.39 is 11.9 Å². The van der Waals surface area contributed by atoms with Gasteiger partial charge in [-0.05, 0) is 6.04 Å². The van der Waals surface area contributed by atoms with Gasteiger partial charge in [0.05, 0.1) is 0 Å². The first-order chi connectivity index (χ1) is 5.04. The molecule has 0 saturated heterocycles. The summed E-state index contributed by atoms with van der Waals surface area (Å²) in [5, 5.41) is 12.8. The van der Waals surface area contributed by atoms with Gasteiger partial charge in [-0.1, -0.05) is 13.8 Å². The van der Waals surface area contributed by atoms with Crippen LogP contribution in [0.3, 0.4) is 0 Å². The minimum atomic E-state index is -1.49. The Balaban J connectivity index is 3.40. The number of rotatable bonds is 3. The van der Waals surface area contributed by atoms with Crippen molar-refractivity contribution in [2.75, 3.05) is 0 Å². The maximum Gasteiger partial charge on any atom is 0.393 e. The SMILES string of the molecule is CC(C)N[B]NC(=O)C(=O)O. The standard InChI is InChI=1S/C5H10BN2O3/c1-3(2)7-6-8-4(9)5(10)11/h3,7H,1-2H3,(H,8,9)(H,10,11). The topological polar surface area (TPSA) is 78.4 Å². The lowest BCUT2D eigenvalue weighted by Crippen LogP contribution is -2.43. The molecule has 0 aliphatic rings. The molecule has 3 N–H and O–H groups in total. The molecule has 0 spiro atoms.